The highest BCUT2D eigenvalue weighted by atomic mass is 32.1. The summed E-state index contributed by atoms with van der Waals surface area (Å²) in [4.78, 5) is 4.81. The third-order valence-corrected chi connectivity index (χ3v) is 30.7. The Morgan fingerprint density at radius 2 is 0.315 bits per heavy atom. The van der Waals surface area contributed by atoms with Gasteiger partial charge in [0, 0.05) is 111 Å². The monoisotopic (exact) mass is 1880 g/mol. The lowest BCUT2D eigenvalue weighted by Gasteiger charge is -2.26. The standard InChI is InChI=1S/C134H130N8S/c1-127(2,3)89-37-67-117-109(75-89)110-76-90(128(4,5)6)38-68-118(110)139(117)103-57-49-99(50-58-103)137(100-51-59-104(60-52-100)140-119-69-39-91(129(7,8)9)77-111(119)112-78-92(130(10,11)12)40-70-120(112)140)97-45-33-85(34-46-97)83-25-29-87(30-26-83)107-65-66-108(126-125(107)135-143-136-126)88-31-27-84(28-32-88)86-35-47-98(48-36-86)138(101-53-61-105(62-54-101)141-121-71-41-93(131(13,14)15)79-113(121)114-80-94(132(16,17)18)42-72-122(114)141)102-55-63-106(64-56-102)142-123-73-43-95(133(19,20)21)81-115(123)116-82-96(134(22,23)24)44-74-124(116)142/h25-82H,1-24H3. The van der Waals surface area contributed by atoms with Gasteiger partial charge in [-0.1, -0.05) is 300 Å². The maximum absolute atomic E-state index is 5.02. The van der Waals surface area contributed by atoms with Gasteiger partial charge in [-0.05, 0) is 340 Å². The van der Waals surface area contributed by atoms with E-state index in [9.17, 15) is 0 Å². The summed E-state index contributed by atoms with van der Waals surface area (Å²) < 4.78 is 19.9. The Hall–Kier alpha value is -14.6. The molecular formula is C134H130N8S. The van der Waals surface area contributed by atoms with Crippen LogP contribution in [0.2, 0.25) is 0 Å². The molecule has 0 unspecified atom stereocenters. The summed E-state index contributed by atoms with van der Waals surface area (Å²) in [6.07, 6.45) is 0. The normalized spacial score (nSPS) is 12.9. The Labute approximate surface area is 847 Å². The van der Waals surface area contributed by atoms with Crippen molar-refractivity contribution in [1.82, 2.24) is 27.0 Å². The molecular weight excluding hydrogens is 1750 g/mol. The number of benzene rings is 17. The zero-order chi connectivity index (χ0) is 100. The predicted octanol–water partition coefficient (Wildman–Crippen LogP) is 38.1. The average Bonchev–Trinajstić information content (AvgIpc) is 1.59. The fourth-order valence-electron chi connectivity index (χ4n) is 21.5. The molecule has 22 aromatic rings. The number of hydrogen-bond donors (Lipinski definition) is 0. The van der Waals surface area contributed by atoms with E-state index in [-0.39, 0.29) is 43.3 Å². The minimum atomic E-state index is -0.00216. The predicted molar refractivity (Wildman–Crippen MR) is 615 cm³/mol. The zero-order valence-electron chi connectivity index (χ0n) is 87.5. The second-order valence-corrected chi connectivity index (χ2v) is 48.8. The van der Waals surface area contributed by atoms with E-state index in [0.29, 0.717) is 0 Å². The van der Waals surface area contributed by atoms with E-state index in [1.165, 1.54) is 143 Å². The van der Waals surface area contributed by atoms with Crippen molar-refractivity contribution in [3.05, 3.63) is 396 Å². The van der Waals surface area contributed by atoms with E-state index in [1.54, 1.807) is 0 Å². The van der Waals surface area contributed by atoms with Crippen LogP contribution in [0.3, 0.4) is 0 Å². The molecule has 0 N–H and O–H groups in total. The van der Waals surface area contributed by atoms with Crippen molar-refractivity contribution in [1.29, 1.82) is 0 Å². The Morgan fingerprint density at radius 1 is 0.168 bits per heavy atom. The quantitative estimate of drug-likeness (QED) is 0.109. The molecule has 17 aromatic carbocycles. The number of aromatic nitrogens is 6. The topological polar surface area (TPSA) is 52.0 Å². The summed E-state index contributed by atoms with van der Waals surface area (Å²) in [5, 5.41) is 10.2. The summed E-state index contributed by atoms with van der Waals surface area (Å²) in [6, 6.07) is 134. The van der Waals surface area contributed by atoms with Crippen molar-refractivity contribution in [3.63, 3.8) is 0 Å². The smallest absolute Gasteiger partial charge is 0.113 e. The van der Waals surface area contributed by atoms with Gasteiger partial charge in [0.05, 0.1) is 55.9 Å². The van der Waals surface area contributed by atoms with Crippen LogP contribution in [0.5, 0.6) is 0 Å². The molecule has 712 valence electrons. The van der Waals surface area contributed by atoms with E-state index in [2.05, 4.69) is 546 Å². The van der Waals surface area contributed by atoms with Crippen molar-refractivity contribution < 1.29 is 0 Å². The van der Waals surface area contributed by atoms with Gasteiger partial charge in [-0.15, -0.1) is 0 Å². The first-order valence-electron chi connectivity index (χ1n) is 51.0. The number of hydrogen-bond acceptors (Lipinski definition) is 5. The molecule has 0 fully saturated rings. The second-order valence-electron chi connectivity index (χ2n) is 48.3. The van der Waals surface area contributed by atoms with Crippen LogP contribution in [0.4, 0.5) is 34.1 Å². The Bertz CT molecular complexity index is 7550. The first-order chi connectivity index (χ1) is 67.9. The Balaban J connectivity index is 0.563. The van der Waals surface area contributed by atoms with Crippen LogP contribution >= 0.6 is 11.7 Å². The number of rotatable bonds is 14. The van der Waals surface area contributed by atoms with Crippen LogP contribution in [0.15, 0.2) is 352 Å². The molecule has 0 spiro atoms. The van der Waals surface area contributed by atoms with E-state index in [0.717, 1.165) is 112 Å². The lowest BCUT2D eigenvalue weighted by Crippen LogP contribution is -2.11. The molecule has 0 saturated carbocycles. The summed E-state index contributed by atoms with van der Waals surface area (Å²) in [6.45, 7) is 55.4. The lowest BCUT2D eigenvalue weighted by molar-refractivity contribution is 0.590. The highest BCUT2D eigenvalue weighted by Gasteiger charge is 2.30. The molecule has 0 saturated heterocycles. The van der Waals surface area contributed by atoms with Crippen LogP contribution in [0, 0.1) is 0 Å². The van der Waals surface area contributed by atoms with Gasteiger partial charge in [0.25, 0.3) is 0 Å². The second kappa shape index (κ2) is 34.1. The molecule has 8 nitrogen and oxygen atoms in total. The average molecular weight is 1880 g/mol. The third-order valence-electron chi connectivity index (χ3n) is 30.2. The molecule has 9 heteroatoms. The molecule has 0 aliphatic carbocycles. The molecule has 0 aliphatic rings. The molecule has 5 aromatic heterocycles. The molecule has 22 rings (SSSR count). The van der Waals surface area contributed by atoms with Crippen molar-refractivity contribution >= 4 is 144 Å². The SMILES string of the molecule is CC(C)(C)c1ccc2c(c1)c1cc(C(C)(C)C)ccc1n2-c1ccc(N(c2ccc(-c3ccc(-c4ccc(-c5ccc(-c6ccc(N(c7ccc(-n8c9ccc(C(C)(C)C)cc9c9cc(C(C)(C)C)ccc98)cc7)c7ccc(-n8c9ccc(C(C)(C)C)cc9c9cc(C(C)(C)C)ccc98)cc7)cc6)cc5)c5nsnc45)cc3)cc2)c2ccc(-n3c4ccc(C(C)(C)C)cc4c4cc(C(C)(C)C)ccc43)cc2)cc1. The molecule has 0 atom stereocenters. The maximum Gasteiger partial charge on any atom is 0.113 e. The van der Waals surface area contributed by atoms with Gasteiger partial charge >= 0.3 is 0 Å². The Kier molecular flexibility index (Phi) is 22.2. The lowest BCUT2D eigenvalue weighted by atomic mass is 9.85. The first-order valence-corrected chi connectivity index (χ1v) is 51.7. The summed E-state index contributed by atoms with van der Waals surface area (Å²) in [7, 11) is 0. The van der Waals surface area contributed by atoms with Crippen LogP contribution in [-0.4, -0.2) is 27.0 Å². The minimum Gasteiger partial charge on any atom is -0.311 e. The number of anilines is 6. The third kappa shape index (κ3) is 16.9. The van der Waals surface area contributed by atoms with Gasteiger partial charge in [0.1, 0.15) is 11.0 Å². The van der Waals surface area contributed by atoms with Crippen molar-refractivity contribution in [2.24, 2.45) is 0 Å². The molecule has 0 amide bonds. The fraction of sp³-hybridized carbons (Fsp3) is 0.239. The van der Waals surface area contributed by atoms with E-state index in [1.807, 2.05) is 0 Å². The van der Waals surface area contributed by atoms with Gasteiger partial charge in [-0.3, -0.25) is 0 Å². The van der Waals surface area contributed by atoms with Gasteiger partial charge in [-0.2, -0.15) is 8.75 Å². The van der Waals surface area contributed by atoms with Crippen LogP contribution < -0.4 is 9.80 Å². The van der Waals surface area contributed by atoms with E-state index >= 15 is 0 Å². The molecule has 143 heavy (non-hydrogen) atoms. The van der Waals surface area contributed by atoms with Gasteiger partial charge in [-0.25, -0.2) is 0 Å². The summed E-state index contributed by atoms with van der Waals surface area (Å²) in [5.41, 5.74) is 41.6. The fourth-order valence-corrected chi connectivity index (χ4v) is 22.0. The number of fused-ring (bicyclic) bond motifs is 13. The van der Waals surface area contributed by atoms with E-state index < -0.39 is 0 Å². The first kappa shape index (κ1) is 93.3. The number of nitrogens with zero attached hydrogens (tertiary/aromatic N) is 8. The summed E-state index contributed by atoms with van der Waals surface area (Å²) in [5.74, 6) is 0. The molecule has 5 heterocycles. The largest absolute Gasteiger partial charge is 0.311 e. The highest BCUT2D eigenvalue weighted by Crippen LogP contribution is 2.49. The van der Waals surface area contributed by atoms with E-state index in [4.69, 9.17) is 8.75 Å². The molecule has 0 radical (unpaired) electrons. The Morgan fingerprint density at radius 3 is 0.476 bits per heavy atom. The molecule has 0 bridgehead atoms. The van der Waals surface area contributed by atoms with Gasteiger partial charge in [0.2, 0.25) is 0 Å². The van der Waals surface area contributed by atoms with Gasteiger partial charge < -0.3 is 28.1 Å². The highest BCUT2D eigenvalue weighted by molar-refractivity contribution is 7.00. The zero-order valence-corrected chi connectivity index (χ0v) is 88.3. The van der Waals surface area contributed by atoms with Crippen LogP contribution in [0.25, 0.3) is 166 Å². The van der Waals surface area contributed by atoms with Crippen molar-refractivity contribution in [2.75, 3.05) is 9.80 Å². The molecule has 0 aliphatic heterocycles. The minimum absolute atomic E-state index is 0.00216. The summed E-state index contributed by atoms with van der Waals surface area (Å²) >= 11 is 1.27. The maximum atomic E-state index is 5.02. The van der Waals surface area contributed by atoms with Crippen LogP contribution in [0.1, 0.15) is 211 Å². The van der Waals surface area contributed by atoms with Crippen LogP contribution in [-0.2, 0) is 43.3 Å². The van der Waals surface area contributed by atoms with Crippen molar-refractivity contribution in [3.8, 4) is 67.3 Å². The van der Waals surface area contributed by atoms with Crippen molar-refractivity contribution in [2.45, 2.75) is 209 Å². The van der Waals surface area contributed by atoms with Gasteiger partial charge in [0.15, 0.2) is 0 Å².